The topological polar surface area (TPSA) is 57.5 Å². The number of halogens is 1. The zero-order chi connectivity index (χ0) is 12.3. The highest BCUT2D eigenvalue weighted by Crippen LogP contribution is 2.33. The molecule has 88 valence electrons. The zero-order valence-corrected chi connectivity index (χ0v) is 10.0. The molecule has 1 unspecified atom stereocenters. The molecule has 0 saturated carbocycles. The van der Waals surface area contributed by atoms with E-state index in [2.05, 4.69) is 0 Å². The predicted octanol–water partition coefficient (Wildman–Crippen LogP) is 2.66. The van der Waals surface area contributed by atoms with Crippen LogP contribution in [0.5, 0.6) is 0 Å². The second kappa shape index (κ2) is 4.85. The van der Waals surface area contributed by atoms with E-state index in [1.165, 1.54) is 0 Å². The van der Waals surface area contributed by atoms with Gasteiger partial charge in [0, 0.05) is 5.02 Å². The summed E-state index contributed by atoms with van der Waals surface area (Å²) in [5.41, 5.74) is -0.773. The number of aliphatic hydroxyl groups is 1. The molecular formula is C12H15ClO3. The zero-order valence-electron chi connectivity index (χ0n) is 9.27. The van der Waals surface area contributed by atoms with E-state index in [4.69, 9.17) is 16.7 Å². The average Bonchev–Trinajstić information content (AvgIpc) is 2.17. The Morgan fingerprint density at radius 2 is 1.88 bits per heavy atom. The van der Waals surface area contributed by atoms with Crippen LogP contribution in [0.1, 0.15) is 25.8 Å². The molecule has 0 saturated heterocycles. The second-order valence-corrected chi connectivity index (χ2v) is 4.59. The fourth-order valence-electron chi connectivity index (χ4n) is 1.61. The van der Waals surface area contributed by atoms with Crippen LogP contribution in [-0.4, -0.2) is 16.2 Å². The van der Waals surface area contributed by atoms with Crippen molar-refractivity contribution >= 4 is 17.6 Å². The highest BCUT2D eigenvalue weighted by Gasteiger charge is 2.35. The third kappa shape index (κ3) is 2.74. The Morgan fingerprint density at radius 3 is 2.25 bits per heavy atom. The van der Waals surface area contributed by atoms with Crippen LogP contribution in [0.3, 0.4) is 0 Å². The third-order valence-corrected chi connectivity index (χ3v) is 2.97. The van der Waals surface area contributed by atoms with Crippen molar-refractivity contribution < 1.29 is 15.0 Å². The first-order valence-corrected chi connectivity index (χ1v) is 5.44. The number of carbonyl (C=O) groups is 1. The van der Waals surface area contributed by atoms with Gasteiger partial charge in [0.25, 0.3) is 0 Å². The predicted molar refractivity (Wildman–Crippen MR) is 62.4 cm³/mol. The number of carboxylic acids is 1. The van der Waals surface area contributed by atoms with Crippen molar-refractivity contribution in [2.75, 3.05) is 0 Å². The quantitative estimate of drug-likeness (QED) is 0.854. The molecule has 0 aromatic heterocycles. The van der Waals surface area contributed by atoms with E-state index in [9.17, 15) is 9.90 Å². The van der Waals surface area contributed by atoms with Crippen LogP contribution in [0, 0.1) is 5.92 Å². The van der Waals surface area contributed by atoms with E-state index >= 15 is 0 Å². The molecule has 0 aliphatic rings. The van der Waals surface area contributed by atoms with Gasteiger partial charge in [0.05, 0.1) is 6.42 Å². The van der Waals surface area contributed by atoms with Crippen molar-refractivity contribution in [3.8, 4) is 0 Å². The Balaban J connectivity index is 3.10. The molecule has 0 fully saturated rings. The van der Waals surface area contributed by atoms with Gasteiger partial charge in [0.15, 0.2) is 0 Å². The van der Waals surface area contributed by atoms with E-state index in [1.807, 2.05) is 0 Å². The van der Waals surface area contributed by atoms with E-state index in [0.29, 0.717) is 10.6 Å². The highest BCUT2D eigenvalue weighted by molar-refractivity contribution is 6.30. The highest BCUT2D eigenvalue weighted by atomic mass is 35.5. The summed E-state index contributed by atoms with van der Waals surface area (Å²) in [5.74, 6) is -1.21. The molecule has 0 radical (unpaired) electrons. The maximum Gasteiger partial charge on any atom is 0.306 e. The maximum absolute atomic E-state index is 10.8. The monoisotopic (exact) mass is 242 g/mol. The largest absolute Gasteiger partial charge is 0.481 e. The van der Waals surface area contributed by atoms with Gasteiger partial charge in [-0.3, -0.25) is 4.79 Å². The van der Waals surface area contributed by atoms with Gasteiger partial charge in [0.1, 0.15) is 5.60 Å². The molecule has 1 aromatic carbocycles. The summed E-state index contributed by atoms with van der Waals surface area (Å²) in [5, 5.41) is 19.8. The lowest BCUT2D eigenvalue weighted by atomic mass is 9.81. The minimum absolute atomic E-state index is 0.190. The van der Waals surface area contributed by atoms with Gasteiger partial charge >= 0.3 is 5.97 Å². The lowest BCUT2D eigenvalue weighted by molar-refractivity contribution is -0.145. The van der Waals surface area contributed by atoms with Crippen LogP contribution in [0.15, 0.2) is 24.3 Å². The van der Waals surface area contributed by atoms with Crippen molar-refractivity contribution in [3.63, 3.8) is 0 Å². The van der Waals surface area contributed by atoms with E-state index < -0.39 is 11.6 Å². The van der Waals surface area contributed by atoms with Crippen molar-refractivity contribution in [2.45, 2.75) is 25.9 Å². The fourth-order valence-corrected chi connectivity index (χ4v) is 1.73. The Bertz CT molecular complexity index is 372. The van der Waals surface area contributed by atoms with Crippen LogP contribution in [-0.2, 0) is 10.4 Å². The number of benzene rings is 1. The SMILES string of the molecule is CC(C)C(O)(CC(=O)O)c1ccc(Cl)cc1. The first-order valence-electron chi connectivity index (χ1n) is 5.06. The summed E-state index contributed by atoms with van der Waals surface area (Å²) >= 11 is 5.75. The minimum Gasteiger partial charge on any atom is -0.481 e. The smallest absolute Gasteiger partial charge is 0.306 e. The van der Waals surface area contributed by atoms with Gasteiger partial charge in [-0.2, -0.15) is 0 Å². The summed E-state index contributed by atoms with van der Waals surface area (Å²) in [6, 6.07) is 6.61. The molecule has 16 heavy (non-hydrogen) atoms. The molecule has 0 aliphatic carbocycles. The van der Waals surface area contributed by atoms with E-state index in [0.717, 1.165) is 0 Å². The van der Waals surface area contributed by atoms with Crippen molar-refractivity contribution in [2.24, 2.45) is 5.92 Å². The molecule has 1 rings (SSSR count). The Labute approximate surface area is 99.7 Å². The van der Waals surface area contributed by atoms with Crippen LogP contribution in [0.25, 0.3) is 0 Å². The number of rotatable bonds is 4. The molecule has 3 nitrogen and oxygen atoms in total. The van der Waals surface area contributed by atoms with Gasteiger partial charge in [-0.25, -0.2) is 0 Å². The molecule has 0 amide bonds. The van der Waals surface area contributed by atoms with Crippen molar-refractivity contribution in [1.29, 1.82) is 0 Å². The van der Waals surface area contributed by atoms with Crippen LogP contribution in [0.2, 0.25) is 5.02 Å². The maximum atomic E-state index is 10.8. The Morgan fingerprint density at radius 1 is 1.38 bits per heavy atom. The van der Waals surface area contributed by atoms with E-state index in [-0.39, 0.29) is 12.3 Å². The molecule has 0 spiro atoms. The van der Waals surface area contributed by atoms with Crippen LogP contribution in [0.4, 0.5) is 0 Å². The number of hydrogen-bond acceptors (Lipinski definition) is 2. The first-order chi connectivity index (χ1) is 7.36. The van der Waals surface area contributed by atoms with Crippen LogP contribution >= 0.6 is 11.6 Å². The summed E-state index contributed by atoms with van der Waals surface area (Å²) < 4.78 is 0. The molecule has 4 heteroatoms. The Hall–Kier alpha value is -1.06. The Kier molecular flexibility index (Phi) is 3.94. The van der Waals surface area contributed by atoms with Gasteiger partial charge in [0.2, 0.25) is 0 Å². The molecular weight excluding hydrogens is 228 g/mol. The molecule has 1 aromatic rings. The number of carboxylic acid groups (broad SMARTS) is 1. The van der Waals surface area contributed by atoms with Crippen molar-refractivity contribution in [3.05, 3.63) is 34.9 Å². The molecule has 1 atom stereocenters. The summed E-state index contributed by atoms with van der Waals surface area (Å²) in [4.78, 5) is 10.8. The van der Waals surface area contributed by atoms with E-state index in [1.54, 1.807) is 38.1 Å². The molecule has 0 aliphatic heterocycles. The lowest BCUT2D eigenvalue weighted by Gasteiger charge is -2.31. The third-order valence-electron chi connectivity index (χ3n) is 2.72. The first kappa shape index (κ1) is 13.0. The summed E-state index contributed by atoms with van der Waals surface area (Å²) in [7, 11) is 0. The average molecular weight is 243 g/mol. The van der Waals surface area contributed by atoms with Gasteiger partial charge in [-0.15, -0.1) is 0 Å². The second-order valence-electron chi connectivity index (χ2n) is 4.16. The molecule has 2 N–H and O–H groups in total. The van der Waals surface area contributed by atoms with Gasteiger partial charge < -0.3 is 10.2 Å². The van der Waals surface area contributed by atoms with Gasteiger partial charge in [-0.1, -0.05) is 37.6 Å². The summed E-state index contributed by atoms with van der Waals surface area (Å²) in [6.45, 7) is 3.58. The van der Waals surface area contributed by atoms with Crippen LogP contribution < -0.4 is 0 Å². The number of aliphatic carboxylic acids is 1. The lowest BCUT2D eigenvalue weighted by Crippen LogP contribution is -2.34. The van der Waals surface area contributed by atoms with Crippen molar-refractivity contribution in [1.82, 2.24) is 0 Å². The number of hydrogen-bond donors (Lipinski definition) is 2. The summed E-state index contributed by atoms with van der Waals surface area (Å²) in [6.07, 6.45) is -0.313. The molecule has 0 bridgehead atoms. The fraction of sp³-hybridized carbons (Fsp3) is 0.417. The minimum atomic E-state index is -1.35. The molecule has 0 heterocycles. The normalized spacial score (nSPS) is 14.8. The van der Waals surface area contributed by atoms with Gasteiger partial charge in [-0.05, 0) is 23.6 Å². The standard InChI is InChI=1S/C12H15ClO3/c1-8(2)12(16,7-11(14)15)9-3-5-10(13)6-4-9/h3-6,8,16H,7H2,1-2H3,(H,14,15).